The van der Waals surface area contributed by atoms with Gasteiger partial charge in [-0.3, -0.25) is 19.3 Å². The van der Waals surface area contributed by atoms with Gasteiger partial charge >= 0.3 is 0 Å². The van der Waals surface area contributed by atoms with E-state index in [-0.39, 0.29) is 35.8 Å². The van der Waals surface area contributed by atoms with Crippen LogP contribution < -0.4 is 20.4 Å². The van der Waals surface area contributed by atoms with Crippen molar-refractivity contribution in [2.24, 2.45) is 0 Å². The maximum Gasteiger partial charge on any atom is 0.251 e. The second-order valence-electron chi connectivity index (χ2n) is 9.92. The first-order valence-electron chi connectivity index (χ1n) is 12.4. The number of carbonyl (C=O) groups excluding carboxylic acids is 3. The Morgan fingerprint density at radius 1 is 1.11 bits per heavy atom. The zero-order valence-corrected chi connectivity index (χ0v) is 20.4. The molecule has 3 aliphatic heterocycles. The normalized spacial score (nSPS) is 23.4. The summed E-state index contributed by atoms with van der Waals surface area (Å²) >= 11 is 0. The van der Waals surface area contributed by atoms with Crippen LogP contribution in [0.15, 0.2) is 48.5 Å². The van der Waals surface area contributed by atoms with Gasteiger partial charge in [-0.15, -0.1) is 0 Å². The molecule has 2 saturated heterocycles. The van der Waals surface area contributed by atoms with Crippen LogP contribution in [0, 0.1) is 0 Å². The Bertz CT molecular complexity index is 1120. The van der Waals surface area contributed by atoms with E-state index in [0.717, 1.165) is 24.3 Å². The number of anilines is 2. The van der Waals surface area contributed by atoms with E-state index in [0.29, 0.717) is 37.9 Å². The van der Waals surface area contributed by atoms with Gasteiger partial charge in [0.1, 0.15) is 0 Å². The average molecular weight is 476 g/mol. The van der Waals surface area contributed by atoms with Crippen molar-refractivity contribution in [1.29, 1.82) is 0 Å². The van der Waals surface area contributed by atoms with Crippen LogP contribution in [0.25, 0.3) is 0 Å². The zero-order chi connectivity index (χ0) is 24.5. The Hall–Kier alpha value is -3.39. The van der Waals surface area contributed by atoms with Gasteiger partial charge in [-0.2, -0.15) is 0 Å². The maximum absolute atomic E-state index is 13.0. The summed E-state index contributed by atoms with van der Waals surface area (Å²) in [4.78, 5) is 44.4. The second-order valence-corrected chi connectivity index (χ2v) is 9.92. The van der Waals surface area contributed by atoms with E-state index in [1.807, 2.05) is 66.4 Å². The first-order chi connectivity index (χ1) is 16.9. The van der Waals surface area contributed by atoms with Crippen molar-refractivity contribution in [3.8, 4) is 0 Å². The van der Waals surface area contributed by atoms with Crippen LogP contribution in [0.4, 0.5) is 11.4 Å². The number of benzene rings is 2. The molecule has 5 rings (SSSR count). The van der Waals surface area contributed by atoms with Crippen LogP contribution in [0.2, 0.25) is 0 Å². The van der Waals surface area contributed by atoms with Crippen molar-refractivity contribution in [3.05, 3.63) is 59.7 Å². The van der Waals surface area contributed by atoms with Crippen molar-refractivity contribution < 1.29 is 14.4 Å². The van der Waals surface area contributed by atoms with E-state index in [2.05, 4.69) is 21.6 Å². The molecule has 184 valence electrons. The van der Waals surface area contributed by atoms with Gasteiger partial charge in [-0.05, 0) is 55.2 Å². The SMILES string of the molecule is CN(C)c1ccc(C(=O)NC2CC3C(=O)NCC(CCC(=O)N4CCc5ccccc54)N3C2)cc1. The van der Waals surface area contributed by atoms with Crippen LogP contribution >= 0.6 is 0 Å². The van der Waals surface area contributed by atoms with E-state index >= 15 is 0 Å². The Kier molecular flexibility index (Phi) is 6.47. The van der Waals surface area contributed by atoms with Gasteiger partial charge in [-0.1, -0.05) is 18.2 Å². The average Bonchev–Trinajstić information content (AvgIpc) is 3.48. The number of rotatable bonds is 6. The van der Waals surface area contributed by atoms with Crippen molar-refractivity contribution in [1.82, 2.24) is 15.5 Å². The summed E-state index contributed by atoms with van der Waals surface area (Å²) in [6.07, 6.45) is 2.60. The molecule has 0 bridgehead atoms. The highest BCUT2D eigenvalue weighted by atomic mass is 16.2. The molecule has 3 amide bonds. The summed E-state index contributed by atoms with van der Waals surface area (Å²) in [7, 11) is 3.92. The summed E-state index contributed by atoms with van der Waals surface area (Å²) in [5.41, 5.74) is 3.89. The highest BCUT2D eigenvalue weighted by Gasteiger charge is 2.44. The highest BCUT2D eigenvalue weighted by Crippen LogP contribution is 2.30. The summed E-state index contributed by atoms with van der Waals surface area (Å²) in [6, 6.07) is 15.3. The molecule has 0 radical (unpaired) electrons. The van der Waals surface area contributed by atoms with Crippen molar-refractivity contribution in [3.63, 3.8) is 0 Å². The van der Waals surface area contributed by atoms with Crippen LogP contribution in [0.3, 0.4) is 0 Å². The van der Waals surface area contributed by atoms with Gasteiger partial charge in [0.2, 0.25) is 11.8 Å². The van der Waals surface area contributed by atoms with E-state index in [1.54, 1.807) is 0 Å². The molecule has 3 atom stereocenters. The fourth-order valence-corrected chi connectivity index (χ4v) is 5.55. The van der Waals surface area contributed by atoms with Gasteiger partial charge in [0.05, 0.1) is 6.04 Å². The fourth-order valence-electron chi connectivity index (χ4n) is 5.55. The molecule has 2 N–H and O–H groups in total. The third kappa shape index (κ3) is 4.75. The molecular formula is C27H33N5O3. The molecular weight excluding hydrogens is 442 g/mol. The molecule has 0 spiro atoms. The van der Waals surface area contributed by atoms with Crippen molar-refractivity contribution >= 4 is 29.1 Å². The monoisotopic (exact) mass is 475 g/mol. The Morgan fingerprint density at radius 3 is 2.66 bits per heavy atom. The highest BCUT2D eigenvalue weighted by molar-refractivity contribution is 5.96. The van der Waals surface area contributed by atoms with Crippen molar-refractivity contribution in [2.75, 3.05) is 43.5 Å². The third-order valence-electron chi connectivity index (χ3n) is 7.48. The summed E-state index contributed by atoms with van der Waals surface area (Å²) in [5, 5.41) is 6.12. The molecule has 2 aromatic rings. The molecule has 3 unspecified atom stereocenters. The molecule has 0 aliphatic carbocycles. The molecule has 0 saturated carbocycles. The lowest BCUT2D eigenvalue weighted by molar-refractivity contribution is -0.129. The van der Waals surface area contributed by atoms with E-state index < -0.39 is 0 Å². The molecule has 3 aliphatic rings. The first kappa shape index (κ1) is 23.4. The number of nitrogens with one attached hydrogen (secondary N) is 2. The van der Waals surface area contributed by atoms with Gasteiger partial charge in [-0.25, -0.2) is 0 Å². The van der Waals surface area contributed by atoms with Gasteiger partial charge in [0.25, 0.3) is 5.91 Å². The summed E-state index contributed by atoms with van der Waals surface area (Å²) in [5.74, 6) is 0.0155. The molecule has 8 nitrogen and oxygen atoms in total. The van der Waals surface area contributed by atoms with Gasteiger partial charge < -0.3 is 20.4 Å². The summed E-state index contributed by atoms with van der Waals surface area (Å²) in [6.45, 7) is 1.88. The maximum atomic E-state index is 13.0. The van der Waals surface area contributed by atoms with E-state index in [1.165, 1.54) is 5.56 Å². The fraction of sp³-hybridized carbons (Fsp3) is 0.444. The molecule has 0 aromatic heterocycles. The smallest absolute Gasteiger partial charge is 0.251 e. The molecule has 3 heterocycles. The number of hydrogen-bond acceptors (Lipinski definition) is 5. The number of piperazine rings is 1. The summed E-state index contributed by atoms with van der Waals surface area (Å²) < 4.78 is 0. The largest absolute Gasteiger partial charge is 0.378 e. The van der Waals surface area contributed by atoms with Crippen LogP contribution in [-0.2, 0) is 16.0 Å². The number of amides is 3. The lowest BCUT2D eigenvalue weighted by Gasteiger charge is -2.37. The number of para-hydroxylation sites is 1. The minimum Gasteiger partial charge on any atom is -0.378 e. The topological polar surface area (TPSA) is 85.0 Å². The Morgan fingerprint density at radius 2 is 1.89 bits per heavy atom. The second kappa shape index (κ2) is 9.70. The number of nitrogens with zero attached hydrogens (tertiary/aromatic N) is 3. The lowest BCUT2D eigenvalue weighted by Crippen LogP contribution is -2.58. The molecule has 8 heteroatoms. The third-order valence-corrected chi connectivity index (χ3v) is 7.48. The van der Waals surface area contributed by atoms with E-state index in [4.69, 9.17) is 0 Å². The lowest BCUT2D eigenvalue weighted by atomic mass is 10.0. The minimum atomic E-state index is -0.266. The molecule has 35 heavy (non-hydrogen) atoms. The predicted octanol–water partition coefficient (Wildman–Crippen LogP) is 1.79. The minimum absolute atomic E-state index is 0.00753. The standard InChI is InChI=1S/C27H33N5O3/c1-30(2)21-9-7-19(8-10-21)26(34)29-20-15-24-27(35)28-16-22(32(24)17-20)11-12-25(33)31-14-13-18-5-3-4-6-23(18)31/h3-10,20,22,24H,11-17H2,1-2H3,(H,28,35)(H,29,34). The van der Waals surface area contributed by atoms with Crippen molar-refractivity contribution in [2.45, 2.75) is 43.8 Å². The van der Waals surface area contributed by atoms with Crippen LogP contribution in [-0.4, -0.2) is 74.5 Å². The predicted molar refractivity (Wildman–Crippen MR) is 136 cm³/mol. The number of carbonyl (C=O) groups is 3. The van der Waals surface area contributed by atoms with E-state index in [9.17, 15) is 14.4 Å². The number of hydrogen-bond donors (Lipinski definition) is 2. The van der Waals surface area contributed by atoms with Crippen LogP contribution in [0.1, 0.15) is 35.2 Å². The zero-order valence-electron chi connectivity index (χ0n) is 20.4. The first-order valence-corrected chi connectivity index (χ1v) is 12.4. The van der Waals surface area contributed by atoms with Crippen LogP contribution in [0.5, 0.6) is 0 Å². The Balaban J connectivity index is 1.18. The quantitative estimate of drug-likeness (QED) is 0.666. The van der Waals surface area contributed by atoms with Gasteiger partial charge in [0.15, 0.2) is 0 Å². The molecule has 2 aromatic carbocycles. The number of fused-ring (bicyclic) bond motifs is 2. The molecule has 2 fully saturated rings. The Labute approximate surface area is 206 Å². The van der Waals surface area contributed by atoms with Gasteiger partial charge in [0, 0.05) is 69.2 Å².